The van der Waals surface area contributed by atoms with E-state index >= 15 is 0 Å². The molecule has 0 aromatic rings. The van der Waals surface area contributed by atoms with Crippen LogP contribution in [0.4, 0.5) is 13.2 Å². The molecule has 1 saturated heterocycles. The van der Waals surface area contributed by atoms with Crippen LogP contribution < -0.4 is 5.32 Å². The molecule has 1 amide bonds. The van der Waals surface area contributed by atoms with Crippen LogP contribution >= 0.6 is 0 Å². The maximum Gasteiger partial charge on any atom is 0.406 e. The highest BCUT2D eigenvalue weighted by Gasteiger charge is 2.32. The van der Waals surface area contributed by atoms with Crippen LogP contribution in [0.25, 0.3) is 0 Å². The summed E-state index contributed by atoms with van der Waals surface area (Å²) >= 11 is 0. The smallest absolute Gasteiger partial charge is 0.378 e. The van der Waals surface area contributed by atoms with Crippen LogP contribution in [-0.2, 0) is 9.53 Å². The highest BCUT2D eigenvalue weighted by Crippen LogP contribution is 2.17. The van der Waals surface area contributed by atoms with Gasteiger partial charge in [0.1, 0.15) is 6.54 Å². The topological polar surface area (TPSA) is 41.6 Å². The van der Waals surface area contributed by atoms with E-state index in [1.54, 1.807) is 0 Å². The second kappa shape index (κ2) is 7.69. The number of ether oxygens (including phenoxy) is 1. The summed E-state index contributed by atoms with van der Waals surface area (Å²) < 4.78 is 42.2. The Morgan fingerprint density at radius 3 is 2.53 bits per heavy atom. The number of alkyl halides is 3. The third-order valence-electron chi connectivity index (χ3n) is 3.06. The van der Waals surface area contributed by atoms with E-state index in [0.29, 0.717) is 0 Å². The lowest BCUT2D eigenvalue weighted by Crippen LogP contribution is -2.39. The summed E-state index contributed by atoms with van der Waals surface area (Å²) in [5.74, 6) is -0.506. The molecule has 0 bridgehead atoms. The van der Waals surface area contributed by atoms with Gasteiger partial charge in [-0.05, 0) is 32.9 Å². The maximum absolute atomic E-state index is 12.2. The Morgan fingerprint density at radius 1 is 1.37 bits per heavy atom. The molecule has 1 aliphatic rings. The molecule has 0 saturated carbocycles. The van der Waals surface area contributed by atoms with Crippen LogP contribution in [0.1, 0.15) is 26.2 Å². The first-order valence-corrected chi connectivity index (χ1v) is 6.59. The summed E-state index contributed by atoms with van der Waals surface area (Å²) in [6.45, 7) is 2.37. The fourth-order valence-electron chi connectivity index (χ4n) is 2.03. The molecule has 0 radical (unpaired) electrons. The summed E-state index contributed by atoms with van der Waals surface area (Å²) in [7, 11) is 0. The highest BCUT2D eigenvalue weighted by molar-refractivity contribution is 5.76. The molecular formula is C12H21F3N2O2. The first-order chi connectivity index (χ1) is 8.92. The number of piperidine rings is 1. The minimum atomic E-state index is -4.35. The Labute approximate surface area is 111 Å². The molecule has 7 heteroatoms. The number of amides is 1. The molecule has 0 unspecified atom stereocenters. The number of carbonyl (C=O) groups is 1. The van der Waals surface area contributed by atoms with Crippen LogP contribution in [0.3, 0.4) is 0 Å². The first-order valence-electron chi connectivity index (χ1n) is 6.59. The Morgan fingerprint density at radius 2 is 2.00 bits per heavy atom. The summed E-state index contributed by atoms with van der Waals surface area (Å²) in [5, 5.41) is 3.19. The van der Waals surface area contributed by atoms with E-state index in [1.165, 1.54) is 6.92 Å². The number of nitrogens with one attached hydrogen (secondary N) is 1. The third kappa shape index (κ3) is 6.77. The van der Waals surface area contributed by atoms with Crippen LogP contribution in [0.15, 0.2) is 0 Å². The van der Waals surface area contributed by atoms with Gasteiger partial charge in [-0.2, -0.15) is 13.2 Å². The number of hydrogen-bond donors (Lipinski definition) is 1. The zero-order valence-corrected chi connectivity index (χ0v) is 11.1. The number of rotatable bonds is 6. The van der Waals surface area contributed by atoms with Gasteiger partial charge in [0.25, 0.3) is 0 Å². The van der Waals surface area contributed by atoms with Crippen LogP contribution in [-0.4, -0.2) is 55.9 Å². The monoisotopic (exact) mass is 282 g/mol. The first kappa shape index (κ1) is 16.2. The number of hydrogen-bond acceptors (Lipinski definition) is 3. The van der Waals surface area contributed by atoms with Crippen molar-refractivity contribution in [2.75, 3.05) is 32.8 Å². The molecule has 1 heterocycles. The number of carbonyl (C=O) groups excluding carboxylic acids is 1. The van der Waals surface area contributed by atoms with Crippen molar-refractivity contribution in [1.82, 2.24) is 10.2 Å². The van der Waals surface area contributed by atoms with Gasteiger partial charge in [0.15, 0.2) is 0 Å². The van der Waals surface area contributed by atoms with Crippen molar-refractivity contribution in [3.8, 4) is 0 Å². The lowest BCUT2D eigenvalue weighted by Gasteiger charge is -2.25. The van der Waals surface area contributed by atoms with Gasteiger partial charge in [0.2, 0.25) is 5.91 Å². The molecule has 0 aromatic carbocycles. The van der Waals surface area contributed by atoms with Crippen molar-refractivity contribution < 1.29 is 22.7 Å². The Hall–Kier alpha value is -0.820. The summed E-state index contributed by atoms with van der Waals surface area (Å²) in [5.41, 5.74) is 0. The van der Waals surface area contributed by atoms with Crippen LogP contribution in [0.5, 0.6) is 0 Å². The minimum Gasteiger partial charge on any atom is -0.378 e. The predicted molar refractivity (Wildman–Crippen MR) is 64.8 cm³/mol. The standard InChI is InChI=1S/C12H21F3N2O2/c1-2-17(9-12(13,14)15)11(18)5-8-19-10-3-6-16-7-4-10/h10,16H,2-9H2,1H3. The normalized spacial score (nSPS) is 17.5. The zero-order valence-electron chi connectivity index (χ0n) is 11.1. The Kier molecular flexibility index (Phi) is 6.57. The second-order valence-corrected chi connectivity index (χ2v) is 4.59. The van der Waals surface area contributed by atoms with Crippen LogP contribution in [0.2, 0.25) is 0 Å². The second-order valence-electron chi connectivity index (χ2n) is 4.59. The summed E-state index contributed by atoms with van der Waals surface area (Å²) in [6, 6.07) is 0. The molecule has 1 rings (SSSR count). The molecule has 1 N–H and O–H groups in total. The van der Waals surface area contributed by atoms with Crippen molar-refractivity contribution in [3.05, 3.63) is 0 Å². The molecule has 0 spiro atoms. The SMILES string of the molecule is CCN(CC(F)(F)F)C(=O)CCOC1CCNCC1. The molecule has 19 heavy (non-hydrogen) atoms. The molecule has 1 aliphatic heterocycles. The lowest BCUT2D eigenvalue weighted by atomic mass is 10.1. The van der Waals surface area contributed by atoms with E-state index in [0.717, 1.165) is 30.8 Å². The van der Waals surface area contributed by atoms with Gasteiger partial charge < -0.3 is 15.0 Å². The summed E-state index contributed by atoms with van der Waals surface area (Å²) in [4.78, 5) is 12.4. The van der Waals surface area contributed by atoms with E-state index in [4.69, 9.17) is 4.74 Å². The Balaban J connectivity index is 2.24. The van der Waals surface area contributed by atoms with Gasteiger partial charge in [-0.25, -0.2) is 0 Å². The summed E-state index contributed by atoms with van der Waals surface area (Å²) in [6.07, 6.45) is -2.45. The largest absolute Gasteiger partial charge is 0.406 e. The number of halogens is 3. The average Bonchev–Trinajstić information content (AvgIpc) is 2.36. The van der Waals surface area contributed by atoms with Gasteiger partial charge in [0, 0.05) is 6.54 Å². The molecule has 0 aliphatic carbocycles. The molecule has 1 fully saturated rings. The van der Waals surface area contributed by atoms with Gasteiger partial charge in [0.05, 0.1) is 19.1 Å². The van der Waals surface area contributed by atoms with Gasteiger partial charge in [-0.1, -0.05) is 0 Å². The van der Waals surface area contributed by atoms with Crippen LogP contribution in [0, 0.1) is 0 Å². The maximum atomic E-state index is 12.2. The van der Waals surface area contributed by atoms with Gasteiger partial charge in [-0.3, -0.25) is 4.79 Å². The molecule has 4 nitrogen and oxygen atoms in total. The molecule has 0 atom stereocenters. The van der Waals surface area contributed by atoms with Gasteiger partial charge >= 0.3 is 6.18 Å². The zero-order chi connectivity index (χ0) is 14.3. The highest BCUT2D eigenvalue weighted by atomic mass is 19.4. The van der Waals surface area contributed by atoms with E-state index in [2.05, 4.69) is 5.32 Å². The van der Waals surface area contributed by atoms with Crippen molar-refractivity contribution in [1.29, 1.82) is 0 Å². The minimum absolute atomic E-state index is 0.00779. The van der Waals surface area contributed by atoms with Crippen molar-refractivity contribution >= 4 is 5.91 Å². The van der Waals surface area contributed by atoms with E-state index in [-0.39, 0.29) is 25.7 Å². The molecular weight excluding hydrogens is 261 g/mol. The molecule has 112 valence electrons. The number of nitrogens with zero attached hydrogens (tertiary/aromatic N) is 1. The van der Waals surface area contributed by atoms with Crippen molar-refractivity contribution in [2.45, 2.75) is 38.5 Å². The van der Waals surface area contributed by atoms with Crippen molar-refractivity contribution in [2.24, 2.45) is 0 Å². The van der Waals surface area contributed by atoms with E-state index in [1.807, 2.05) is 0 Å². The molecule has 0 aromatic heterocycles. The van der Waals surface area contributed by atoms with Gasteiger partial charge in [-0.15, -0.1) is 0 Å². The van der Waals surface area contributed by atoms with E-state index in [9.17, 15) is 18.0 Å². The van der Waals surface area contributed by atoms with E-state index < -0.39 is 18.6 Å². The van der Waals surface area contributed by atoms with Crippen molar-refractivity contribution in [3.63, 3.8) is 0 Å². The Bertz CT molecular complexity index is 279. The lowest BCUT2D eigenvalue weighted by molar-refractivity contribution is -0.161. The fraction of sp³-hybridized carbons (Fsp3) is 0.917. The predicted octanol–water partition coefficient (Wildman–Crippen LogP) is 1.56. The fourth-order valence-corrected chi connectivity index (χ4v) is 2.03. The quantitative estimate of drug-likeness (QED) is 0.804. The average molecular weight is 282 g/mol. The third-order valence-corrected chi connectivity index (χ3v) is 3.06.